The van der Waals surface area contributed by atoms with E-state index in [1.54, 1.807) is 0 Å². The van der Waals surface area contributed by atoms with E-state index in [0.717, 1.165) is 25.7 Å². The summed E-state index contributed by atoms with van der Waals surface area (Å²) in [4.78, 5) is 23.1. The Hall–Kier alpha value is -0.860. The Morgan fingerprint density at radius 1 is 0.947 bits per heavy atom. The minimum absolute atomic E-state index is 0.0963. The van der Waals surface area contributed by atoms with Gasteiger partial charge in [0.05, 0.1) is 0 Å². The molecule has 0 fully saturated rings. The van der Waals surface area contributed by atoms with Crippen molar-refractivity contribution in [2.45, 2.75) is 78.6 Å². The first-order valence-electron chi connectivity index (χ1n) is 7.81. The summed E-state index contributed by atoms with van der Waals surface area (Å²) in [7, 11) is 0. The Kier molecular flexibility index (Phi) is 10.5. The molecule has 0 amide bonds. The maximum Gasteiger partial charge on any atom is 0.314 e. The monoisotopic (exact) mass is 270 g/mol. The van der Waals surface area contributed by atoms with Gasteiger partial charge in [-0.25, -0.2) is 0 Å². The van der Waals surface area contributed by atoms with Crippen LogP contribution in [0.4, 0.5) is 0 Å². The molecule has 0 aromatic carbocycles. The number of Topliss-reactive ketones (excluding diaryl/α,β-unsaturated/α-hetero) is 1. The molecule has 1 N–H and O–H groups in total. The van der Waals surface area contributed by atoms with Crippen LogP contribution in [0.5, 0.6) is 0 Å². The molecule has 0 aliphatic heterocycles. The number of unbranched alkanes of at least 4 members (excludes halogenated alkanes) is 6. The summed E-state index contributed by atoms with van der Waals surface area (Å²) < 4.78 is 0. The lowest BCUT2D eigenvalue weighted by Crippen LogP contribution is -2.28. The van der Waals surface area contributed by atoms with Gasteiger partial charge in [0.15, 0.2) is 0 Å². The van der Waals surface area contributed by atoms with Gasteiger partial charge >= 0.3 is 5.97 Å². The number of rotatable bonds is 12. The molecule has 3 heteroatoms. The van der Waals surface area contributed by atoms with Crippen LogP contribution in [0, 0.1) is 11.8 Å². The molecule has 0 spiro atoms. The molecule has 2 unspecified atom stereocenters. The molecule has 0 saturated carbocycles. The van der Waals surface area contributed by atoms with E-state index in [-0.39, 0.29) is 11.7 Å². The lowest BCUT2D eigenvalue weighted by Gasteiger charge is -2.15. The van der Waals surface area contributed by atoms with Gasteiger partial charge in [0.2, 0.25) is 0 Å². The fraction of sp³-hybridized carbons (Fsp3) is 0.875. The van der Waals surface area contributed by atoms with E-state index >= 15 is 0 Å². The van der Waals surface area contributed by atoms with Crippen LogP contribution in [0.1, 0.15) is 78.6 Å². The molecule has 0 bridgehead atoms. The van der Waals surface area contributed by atoms with Gasteiger partial charge in [-0.15, -0.1) is 0 Å². The van der Waals surface area contributed by atoms with Gasteiger partial charge in [0.1, 0.15) is 11.7 Å². The van der Waals surface area contributed by atoms with Crippen molar-refractivity contribution in [3.8, 4) is 0 Å². The van der Waals surface area contributed by atoms with Crippen molar-refractivity contribution in [2.75, 3.05) is 0 Å². The average Bonchev–Trinajstić information content (AvgIpc) is 2.39. The number of hydrogen-bond donors (Lipinski definition) is 1. The van der Waals surface area contributed by atoms with Gasteiger partial charge in [-0.3, -0.25) is 9.59 Å². The van der Waals surface area contributed by atoms with Crippen LogP contribution in [0.2, 0.25) is 0 Å². The molecule has 19 heavy (non-hydrogen) atoms. The lowest BCUT2D eigenvalue weighted by atomic mass is 9.88. The maximum absolute atomic E-state index is 11.9. The molecular formula is C16H30O3. The Morgan fingerprint density at radius 2 is 1.47 bits per heavy atom. The summed E-state index contributed by atoms with van der Waals surface area (Å²) in [6.07, 6.45) is 9.30. The summed E-state index contributed by atoms with van der Waals surface area (Å²) in [6.45, 7) is 5.94. The van der Waals surface area contributed by atoms with Gasteiger partial charge in [0, 0.05) is 5.92 Å². The molecule has 0 rings (SSSR count). The van der Waals surface area contributed by atoms with Crippen LogP contribution in [-0.4, -0.2) is 16.9 Å². The molecule has 0 radical (unpaired) electrons. The van der Waals surface area contributed by atoms with Crippen molar-refractivity contribution >= 4 is 11.8 Å². The van der Waals surface area contributed by atoms with E-state index in [1.807, 2.05) is 13.8 Å². The summed E-state index contributed by atoms with van der Waals surface area (Å²) in [6, 6.07) is 0. The molecule has 3 nitrogen and oxygen atoms in total. The molecule has 112 valence electrons. The van der Waals surface area contributed by atoms with Gasteiger partial charge in [-0.2, -0.15) is 0 Å². The van der Waals surface area contributed by atoms with Crippen molar-refractivity contribution in [1.82, 2.24) is 0 Å². The fourth-order valence-corrected chi connectivity index (χ4v) is 2.24. The predicted molar refractivity (Wildman–Crippen MR) is 78.2 cm³/mol. The van der Waals surface area contributed by atoms with Gasteiger partial charge in [-0.1, -0.05) is 65.7 Å². The first-order valence-corrected chi connectivity index (χ1v) is 7.81. The second kappa shape index (κ2) is 11.0. The highest BCUT2D eigenvalue weighted by Gasteiger charge is 2.28. The standard InChI is InChI=1S/C16H30O3/c1-4-6-7-8-9-10-11-12-14(16(18)19)15(17)13(3)5-2/h13-14H,4-12H2,1-3H3,(H,18,19). The number of carbonyl (C=O) groups excluding carboxylic acids is 1. The third-order valence-corrected chi connectivity index (χ3v) is 3.84. The zero-order valence-electron chi connectivity index (χ0n) is 12.8. The quantitative estimate of drug-likeness (QED) is 0.421. The molecule has 0 aliphatic carbocycles. The van der Waals surface area contributed by atoms with Gasteiger partial charge < -0.3 is 5.11 Å². The normalized spacial score (nSPS) is 14.1. The predicted octanol–water partition coefficient (Wildman–Crippen LogP) is 4.44. The minimum Gasteiger partial charge on any atom is -0.481 e. The van der Waals surface area contributed by atoms with Crippen molar-refractivity contribution in [2.24, 2.45) is 11.8 Å². The highest BCUT2D eigenvalue weighted by Crippen LogP contribution is 2.18. The first-order chi connectivity index (χ1) is 9.04. The SMILES string of the molecule is CCCCCCCCCC(C(=O)O)C(=O)C(C)CC. The third kappa shape index (κ3) is 8.02. The lowest BCUT2D eigenvalue weighted by molar-refractivity contribution is -0.147. The Balaban J connectivity index is 3.90. The van der Waals surface area contributed by atoms with E-state index in [0.29, 0.717) is 6.42 Å². The second-order valence-electron chi connectivity index (χ2n) is 5.51. The number of ketones is 1. The van der Waals surface area contributed by atoms with Crippen molar-refractivity contribution in [3.63, 3.8) is 0 Å². The van der Waals surface area contributed by atoms with Crippen molar-refractivity contribution in [1.29, 1.82) is 0 Å². The summed E-state index contributed by atoms with van der Waals surface area (Å²) in [5.41, 5.74) is 0. The summed E-state index contributed by atoms with van der Waals surface area (Å²) in [5, 5.41) is 9.14. The molecule has 0 aromatic rings. The highest BCUT2D eigenvalue weighted by molar-refractivity contribution is 5.99. The van der Waals surface area contributed by atoms with Crippen LogP contribution < -0.4 is 0 Å². The Labute approximate surface area is 117 Å². The van der Waals surface area contributed by atoms with Crippen LogP contribution in [0.3, 0.4) is 0 Å². The first kappa shape index (κ1) is 18.1. The molecule has 0 saturated heterocycles. The van der Waals surface area contributed by atoms with Crippen LogP contribution >= 0.6 is 0 Å². The van der Waals surface area contributed by atoms with E-state index in [1.165, 1.54) is 25.7 Å². The third-order valence-electron chi connectivity index (χ3n) is 3.84. The number of hydrogen-bond acceptors (Lipinski definition) is 2. The van der Waals surface area contributed by atoms with Gasteiger partial charge in [0.25, 0.3) is 0 Å². The summed E-state index contributed by atoms with van der Waals surface area (Å²) >= 11 is 0. The zero-order chi connectivity index (χ0) is 14.7. The number of aliphatic carboxylic acids is 1. The van der Waals surface area contributed by atoms with E-state index in [9.17, 15) is 9.59 Å². The molecular weight excluding hydrogens is 240 g/mol. The Bertz CT molecular complexity index is 261. The number of carboxylic acids is 1. The molecule has 0 heterocycles. The fourth-order valence-electron chi connectivity index (χ4n) is 2.24. The van der Waals surface area contributed by atoms with Crippen LogP contribution in [0.15, 0.2) is 0 Å². The number of carboxylic acid groups (broad SMARTS) is 1. The molecule has 2 atom stereocenters. The summed E-state index contributed by atoms with van der Waals surface area (Å²) in [5.74, 6) is -1.96. The number of carbonyl (C=O) groups is 2. The largest absolute Gasteiger partial charge is 0.481 e. The van der Waals surface area contributed by atoms with Crippen molar-refractivity contribution < 1.29 is 14.7 Å². The topological polar surface area (TPSA) is 54.4 Å². The van der Waals surface area contributed by atoms with E-state index in [4.69, 9.17) is 5.11 Å². The zero-order valence-corrected chi connectivity index (χ0v) is 12.8. The van der Waals surface area contributed by atoms with Crippen LogP contribution in [0.25, 0.3) is 0 Å². The van der Waals surface area contributed by atoms with Gasteiger partial charge in [-0.05, 0) is 12.8 Å². The van der Waals surface area contributed by atoms with E-state index in [2.05, 4.69) is 6.92 Å². The average molecular weight is 270 g/mol. The van der Waals surface area contributed by atoms with E-state index < -0.39 is 11.9 Å². The van der Waals surface area contributed by atoms with Crippen molar-refractivity contribution in [3.05, 3.63) is 0 Å². The molecule has 0 aromatic heterocycles. The molecule has 0 aliphatic rings. The Morgan fingerprint density at radius 3 is 1.95 bits per heavy atom. The van der Waals surface area contributed by atoms with Crippen LogP contribution in [-0.2, 0) is 9.59 Å². The highest BCUT2D eigenvalue weighted by atomic mass is 16.4. The minimum atomic E-state index is -0.948. The smallest absolute Gasteiger partial charge is 0.314 e. The second-order valence-corrected chi connectivity index (χ2v) is 5.51. The maximum atomic E-state index is 11.9.